The van der Waals surface area contributed by atoms with Gasteiger partial charge in [0.15, 0.2) is 9.84 Å². The molecule has 0 spiro atoms. The first-order chi connectivity index (χ1) is 12.3. The van der Waals surface area contributed by atoms with Crippen LogP contribution in [0.5, 0.6) is 0 Å². The van der Waals surface area contributed by atoms with Crippen molar-refractivity contribution < 1.29 is 17.2 Å². The van der Waals surface area contributed by atoms with Gasteiger partial charge in [-0.15, -0.1) is 0 Å². The second kappa shape index (κ2) is 7.87. The third-order valence-electron chi connectivity index (χ3n) is 5.29. The molecule has 140 valence electrons. The van der Waals surface area contributed by atoms with Gasteiger partial charge in [0.25, 0.3) is 0 Å². The number of hydrogen-bond acceptors (Lipinski definition) is 2. The number of benzene rings is 2. The third-order valence-corrected chi connectivity index (χ3v) is 7.19. The molecule has 2 atom stereocenters. The molecule has 5 heteroatoms. The first-order valence-electron chi connectivity index (χ1n) is 9.13. The van der Waals surface area contributed by atoms with Crippen molar-refractivity contribution in [2.45, 2.75) is 43.9 Å². The van der Waals surface area contributed by atoms with Crippen LogP contribution in [0.25, 0.3) is 11.1 Å². The van der Waals surface area contributed by atoms with Gasteiger partial charge in [0.1, 0.15) is 11.6 Å². The molecule has 26 heavy (non-hydrogen) atoms. The number of rotatable bonds is 4. The van der Waals surface area contributed by atoms with Crippen molar-refractivity contribution in [3.63, 3.8) is 0 Å². The fraction of sp³-hybridized carbons (Fsp3) is 0.429. The van der Waals surface area contributed by atoms with E-state index in [2.05, 4.69) is 6.92 Å². The average molecular weight is 378 g/mol. The molecule has 0 radical (unpaired) electrons. The highest BCUT2D eigenvalue weighted by atomic mass is 32.2. The maximum absolute atomic E-state index is 13.9. The summed E-state index contributed by atoms with van der Waals surface area (Å²) in [6.07, 6.45) is 5.27. The fourth-order valence-electron chi connectivity index (χ4n) is 3.70. The Labute approximate surface area is 154 Å². The highest BCUT2D eigenvalue weighted by Crippen LogP contribution is 2.30. The maximum Gasteiger partial charge on any atom is 0.178 e. The van der Waals surface area contributed by atoms with E-state index in [-0.39, 0.29) is 22.1 Å². The summed E-state index contributed by atoms with van der Waals surface area (Å²) in [5, 5.41) is 0. The van der Waals surface area contributed by atoms with Gasteiger partial charge in [-0.25, -0.2) is 17.2 Å². The summed E-state index contributed by atoms with van der Waals surface area (Å²) < 4.78 is 52.4. The maximum atomic E-state index is 13.9. The van der Waals surface area contributed by atoms with Crippen LogP contribution in [0.2, 0.25) is 0 Å². The van der Waals surface area contributed by atoms with Crippen LogP contribution in [-0.4, -0.2) is 14.2 Å². The molecule has 0 saturated heterocycles. The molecule has 0 aromatic heterocycles. The highest BCUT2D eigenvalue weighted by molar-refractivity contribution is 7.91. The predicted octanol–water partition coefficient (Wildman–Crippen LogP) is 5.62. The molecule has 1 fully saturated rings. The largest absolute Gasteiger partial charge is 0.224 e. The molecule has 1 unspecified atom stereocenters. The van der Waals surface area contributed by atoms with Crippen LogP contribution in [0.4, 0.5) is 8.78 Å². The zero-order valence-electron chi connectivity index (χ0n) is 14.9. The molecule has 0 amide bonds. The van der Waals surface area contributed by atoms with Crippen molar-refractivity contribution in [1.82, 2.24) is 0 Å². The van der Waals surface area contributed by atoms with Gasteiger partial charge in [0.2, 0.25) is 0 Å². The number of sulfone groups is 1. The SMILES string of the molecule is C[C@@H]1CCCC(CS(=O)(=O)c2ccc(-c3ccc(F)cc3F)cc2)CC1. The van der Waals surface area contributed by atoms with E-state index in [1.165, 1.54) is 30.7 Å². The predicted molar refractivity (Wildman–Crippen MR) is 99.6 cm³/mol. The lowest BCUT2D eigenvalue weighted by molar-refractivity contribution is 0.471. The van der Waals surface area contributed by atoms with Gasteiger partial charge >= 0.3 is 0 Å². The van der Waals surface area contributed by atoms with E-state index < -0.39 is 21.5 Å². The van der Waals surface area contributed by atoms with Gasteiger partial charge in [-0.3, -0.25) is 0 Å². The van der Waals surface area contributed by atoms with E-state index in [0.717, 1.165) is 31.7 Å². The molecule has 1 aliphatic rings. The Balaban J connectivity index is 1.76. The summed E-state index contributed by atoms with van der Waals surface area (Å²) in [5.41, 5.74) is 0.790. The lowest BCUT2D eigenvalue weighted by atomic mass is 10.0. The molecule has 0 bridgehead atoms. The van der Waals surface area contributed by atoms with Crippen LogP contribution >= 0.6 is 0 Å². The van der Waals surface area contributed by atoms with Crippen LogP contribution < -0.4 is 0 Å². The van der Waals surface area contributed by atoms with E-state index in [9.17, 15) is 17.2 Å². The van der Waals surface area contributed by atoms with E-state index in [1.807, 2.05) is 0 Å². The summed E-state index contributed by atoms with van der Waals surface area (Å²) in [7, 11) is -3.36. The quantitative estimate of drug-likeness (QED) is 0.647. The van der Waals surface area contributed by atoms with E-state index in [1.54, 1.807) is 12.1 Å². The first kappa shape index (κ1) is 19.0. The normalized spacial score (nSPS) is 21.3. The molecular weight excluding hydrogens is 354 g/mol. The standard InChI is InChI=1S/C21H24F2O2S/c1-15-3-2-4-16(6-5-15)14-26(24,25)19-10-7-17(8-11-19)20-12-9-18(22)13-21(20)23/h7-13,15-16H,2-6,14H2,1H3/t15-,16?/m1/s1. The van der Waals surface area contributed by atoms with Crippen molar-refractivity contribution >= 4 is 9.84 Å². The molecule has 0 heterocycles. The molecule has 0 N–H and O–H groups in total. The molecule has 0 aliphatic heterocycles. The van der Waals surface area contributed by atoms with Crippen LogP contribution in [0.15, 0.2) is 47.4 Å². The molecule has 2 aromatic rings. The van der Waals surface area contributed by atoms with Crippen LogP contribution in [-0.2, 0) is 9.84 Å². The molecule has 1 aliphatic carbocycles. The summed E-state index contributed by atoms with van der Waals surface area (Å²) in [5.74, 6) is -0.243. The fourth-order valence-corrected chi connectivity index (χ4v) is 5.40. The lowest BCUT2D eigenvalue weighted by Gasteiger charge is -2.15. The van der Waals surface area contributed by atoms with Crippen molar-refractivity contribution in [3.05, 3.63) is 54.1 Å². The van der Waals surface area contributed by atoms with Gasteiger partial charge in [-0.1, -0.05) is 38.3 Å². The Morgan fingerprint density at radius 3 is 2.38 bits per heavy atom. The van der Waals surface area contributed by atoms with Crippen molar-refractivity contribution in [1.29, 1.82) is 0 Å². The molecule has 1 saturated carbocycles. The lowest BCUT2D eigenvalue weighted by Crippen LogP contribution is -2.16. The second-order valence-corrected chi connectivity index (χ2v) is 9.44. The Hall–Kier alpha value is -1.75. The Bertz CT molecular complexity index is 860. The van der Waals surface area contributed by atoms with Crippen LogP contribution in [0.1, 0.15) is 39.0 Å². The minimum Gasteiger partial charge on any atom is -0.224 e. The summed E-state index contributed by atoms with van der Waals surface area (Å²) in [4.78, 5) is 0.265. The van der Waals surface area contributed by atoms with E-state index in [4.69, 9.17) is 0 Å². The minimum absolute atomic E-state index is 0.171. The van der Waals surface area contributed by atoms with Crippen molar-refractivity contribution in [3.8, 4) is 11.1 Å². The average Bonchev–Trinajstić information content (AvgIpc) is 2.79. The Kier molecular flexibility index (Phi) is 5.76. The van der Waals surface area contributed by atoms with Gasteiger partial charge in [0, 0.05) is 11.6 Å². The number of halogens is 2. The van der Waals surface area contributed by atoms with E-state index >= 15 is 0 Å². The smallest absolute Gasteiger partial charge is 0.178 e. The molecule has 2 aromatic carbocycles. The second-order valence-electron chi connectivity index (χ2n) is 7.41. The Morgan fingerprint density at radius 2 is 1.69 bits per heavy atom. The molecule has 3 rings (SSSR count). The summed E-state index contributed by atoms with van der Waals surface area (Å²) in [6.45, 7) is 2.23. The molecule has 2 nitrogen and oxygen atoms in total. The van der Waals surface area contributed by atoms with Gasteiger partial charge < -0.3 is 0 Å². The zero-order chi connectivity index (χ0) is 18.7. The van der Waals surface area contributed by atoms with Gasteiger partial charge in [0.05, 0.1) is 10.6 Å². The first-order valence-corrected chi connectivity index (χ1v) is 10.8. The highest BCUT2D eigenvalue weighted by Gasteiger charge is 2.24. The van der Waals surface area contributed by atoms with Gasteiger partial charge in [-0.2, -0.15) is 0 Å². The summed E-state index contributed by atoms with van der Waals surface area (Å²) in [6, 6.07) is 9.58. The Morgan fingerprint density at radius 1 is 0.962 bits per heavy atom. The minimum atomic E-state index is -3.36. The van der Waals surface area contributed by atoms with Crippen molar-refractivity contribution in [2.75, 3.05) is 5.75 Å². The van der Waals surface area contributed by atoms with E-state index in [0.29, 0.717) is 11.5 Å². The van der Waals surface area contributed by atoms with Gasteiger partial charge in [-0.05, 0) is 54.5 Å². The zero-order valence-corrected chi connectivity index (χ0v) is 15.7. The van der Waals surface area contributed by atoms with Crippen LogP contribution in [0, 0.1) is 23.5 Å². The third kappa shape index (κ3) is 4.50. The number of hydrogen-bond donors (Lipinski definition) is 0. The summed E-state index contributed by atoms with van der Waals surface area (Å²) >= 11 is 0. The van der Waals surface area contributed by atoms with Crippen LogP contribution in [0.3, 0.4) is 0 Å². The van der Waals surface area contributed by atoms with Crippen molar-refractivity contribution in [2.24, 2.45) is 11.8 Å². The topological polar surface area (TPSA) is 34.1 Å². The monoisotopic (exact) mass is 378 g/mol. The molecular formula is C21H24F2O2S.